The van der Waals surface area contributed by atoms with Crippen LogP contribution in [0.2, 0.25) is 10.0 Å². The number of hydrazine groups is 1. The predicted molar refractivity (Wildman–Crippen MR) is 72.1 cm³/mol. The molecule has 0 bridgehead atoms. The summed E-state index contributed by atoms with van der Waals surface area (Å²) in [5.74, 6) is 5.60. The van der Waals surface area contributed by atoms with E-state index >= 15 is 0 Å². The van der Waals surface area contributed by atoms with E-state index in [2.05, 4.69) is 5.43 Å². The SMILES string of the molecule is NNC(c1ccccc1)c1ccc(Cl)c(Cl)c1. The van der Waals surface area contributed by atoms with E-state index in [0.717, 1.165) is 11.1 Å². The maximum absolute atomic E-state index is 6.00. The third kappa shape index (κ3) is 2.79. The van der Waals surface area contributed by atoms with Gasteiger partial charge in [-0.3, -0.25) is 5.84 Å². The fraction of sp³-hybridized carbons (Fsp3) is 0.0769. The van der Waals surface area contributed by atoms with Crippen LogP contribution in [0.4, 0.5) is 0 Å². The van der Waals surface area contributed by atoms with Gasteiger partial charge in [0.05, 0.1) is 16.1 Å². The summed E-state index contributed by atoms with van der Waals surface area (Å²) in [6.45, 7) is 0. The molecule has 0 heterocycles. The normalized spacial score (nSPS) is 12.4. The molecule has 1 atom stereocenters. The minimum Gasteiger partial charge on any atom is -0.271 e. The number of halogens is 2. The van der Waals surface area contributed by atoms with Crippen LogP contribution in [0.15, 0.2) is 48.5 Å². The van der Waals surface area contributed by atoms with Gasteiger partial charge in [0.15, 0.2) is 0 Å². The Morgan fingerprint density at radius 2 is 1.59 bits per heavy atom. The molecule has 2 aromatic rings. The maximum atomic E-state index is 6.00. The molecular weight excluding hydrogens is 255 g/mol. The van der Waals surface area contributed by atoms with Crippen LogP contribution in [-0.4, -0.2) is 0 Å². The van der Waals surface area contributed by atoms with Crippen molar-refractivity contribution in [3.8, 4) is 0 Å². The highest BCUT2D eigenvalue weighted by Crippen LogP contribution is 2.28. The second kappa shape index (κ2) is 5.52. The maximum Gasteiger partial charge on any atom is 0.0710 e. The molecule has 0 fully saturated rings. The number of benzene rings is 2. The van der Waals surface area contributed by atoms with Crippen LogP contribution in [0.1, 0.15) is 17.2 Å². The molecule has 88 valence electrons. The van der Waals surface area contributed by atoms with E-state index in [1.807, 2.05) is 42.5 Å². The largest absolute Gasteiger partial charge is 0.271 e. The van der Waals surface area contributed by atoms with Crippen LogP contribution in [0.25, 0.3) is 0 Å². The van der Waals surface area contributed by atoms with Gasteiger partial charge in [0, 0.05) is 0 Å². The molecule has 2 nitrogen and oxygen atoms in total. The van der Waals surface area contributed by atoms with Gasteiger partial charge in [0.1, 0.15) is 0 Å². The van der Waals surface area contributed by atoms with Crippen molar-refractivity contribution in [2.45, 2.75) is 6.04 Å². The average Bonchev–Trinajstić information content (AvgIpc) is 2.36. The van der Waals surface area contributed by atoms with E-state index in [1.165, 1.54) is 0 Å². The van der Waals surface area contributed by atoms with Crippen LogP contribution in [0.3, 0.4) is 0 Å². The molecule has 3 N–H and O–H groups in total. The van der Waals surface area contributed by atoms with Crippen LogP contribution in [0, 0.1) is 0 Å². The fourth-order valence-corrected chi connectivity index (χ4v) is 2.03. The summed E-state index contributed by atoms with van der Waals surface area (Å²) in [4.78, 5) is 0. The molecule has 0 spiro atoms. The molecule has 0 saturated carbocycles. The Bertz CT molecular complexity index is 500. The van der Waals surface area contributed by atoms with Gasteiger partial charge in [-0.2, -0.15) is 0 Å². The van der Waals surface area contributed by atoms with Crippen LogP contribution < -0.4 is 11.3 Å². The van der Waals surface area contributed by atoms with Gasteiger partial charge in [-0.05, 0) is 23.3 Å². The summed E-state index contributed by atoms with van der Waals surface area (Å²) >= 11 is 11.9. The van der Waals surface area contributed by atoms with Crippen molar-refractivity contribution in [1.82, 2.24) is 5.43 Å². The summed E-state index contributed by atoms with van der Waals surface area (Å²) in [6.07, 6.45) is 0. The zero-order valence-electron chi connectivity index (χ0n) is 9.03. The minimum atomic E-state index is -0.0917. The molecule has 0 amide bonds. The lowest BCUT2D eigenvalue weighted by Crippen LogP contribution is -2.28. The average molecular weight is 267 g/mol. The quantitative estimate of drug-likeness (QED) is 0.659. The fourth-order valence-electron chi connectivity index (χ4n) is 1.72. The monoisotopic (exact) mass is 266 g/mol. The first-order chi connectivity index (χ1) is 8.22. The first kappa shape index (κ1) is 12.4. The highest BCUT2D eigenvalue weighted by Gasteiger charge is 2.12. The van der Waals surface area contributed by atoms with Gasteiger partial charge in [0.2, 0.25) is 0 Å². The predicted octanol–water partition coefficient (Wildman–Crippen LogP) is 3.55. The smallest absolute Gasteiger partial charge is 0.0710 e. The van der Waals surface area contributed by atoms with Crippen molar-refractivity contribution in [2.24, 2.45) is 5.84 Å². The van der Waals surface area contributed by atoms with E-state index in [-0.39, 0.29) is 6.04 Å². The summed E-state index contributed by atoms with van der Waals surface area (Å²) in [7, 11) is 0. The van der Waals surface area contributed by atoms with Crippen molar-refractivity contribution in [2.75, 3.05) is 0 Å². The Labute approximate surface area is 110 Å². The Morgan fingerprint density at radius 1 is 0.882 bits per heavy atom. The molecule has 4 heteroatoms. The summed E-state index contributed by atoms with van der Waals surface area (Å²) in [5, 5.41) is 1.07. The topological polar surface area (TPSA) is 38.0 Å². The van der Waals surface area contributed by atoms with Gasteiger partial charge >= 0.3 is 0 Å². The van der Waals surface area contributed by atoms with Crippen LogP contribution in [0.5, 0.6) is 0 Å². The Morgan fingerprint density at radius 3 is 2.18 bits per heavy atom. The van der Waals surface area contributed by atoms with Crippen molar-refractivity contribution in [3.05, 3.63) is 69.7 Å². The van der Waals surface area contributed by atoms with E-state index in [4.69, 9.17) is 29.0 Å². The molecule has 0 radical (unpaired) electrons. The van der Waals surface area contributed by atoms with Crippen molar-refractivity contribution < 1.29 is 0 Å². The second-order valence-corrected chi connectivity index (χ2v) is 4.50. The number of nitrogens with two attached hydrogens (primary N) is 1. The lowest BCUT2D eigenvalue weighted by atomic mass is 9.99. The molecule has 2 aromatic carbocycles. The highest BCUT2D eigenvalue weighted by atomic mass is 35.5. The molecule has 0 aromatic heterocycles. The van der Waals surface area contributed by atoms with E-state index in [9.17, 15) is 0 Å². The van der Waals surface area contributed by atoms with E-state index in [1.54, 1.807) is 6.07 Å². The number of nitrogens with one attached hydrogen (secondary N) is 1. The Hall–Kier alpha value is -1.06. The molecule has 0 aliphatic heterocycles. The first-order valence-electron chi connectivity index (χ1n) is 5.18. The summed E-state index contributed by atoms with van der Waals surface area (Å²) in [6, 6.07) is 15.3. The van der Waals surface area contributed by atoms with Gasteiger partial charge < -0.3 is 0 Å². The molecule has 17 heavy (non-hydrogen) atoms. The third-order valence-corrected chi connectivity index (χ3v) is 3.32. The standard InChI is InChI=1S/C13H12Cl2N2/c14-11-7-6-10(8-12(11)15)13(17-16)9-4-2-1-3-5-9/h1-8,13,17H,16H2. The van der Waals surface area contributed by atoms with Crippen molar-refractivity contribution in [3.63, 3.8) is 0 Å². The Kier molecular flexibility index (Phi) is 4.02. The summed E-state index contributed by atoms with van der Waals surface area (Å²) < 4.78 is 0. The van der Waals surface area contributed by atoms with Crippen molar-refractivity contribution in [1.29, 1.82) is 0 Å². The van der Waals surface area contributed by atoms with Gasteiger partial charge in [0.25, 0.3) is 0 Å². The zero-order valence-corrected chi connectivity index (χ0v) is 10.5. The summed E-state index contributed by atoms with van der Waals surface area (Å²) in [5.41, 5.74) is 4.84. The molecular formula is C13H12Cl2N2. The highest BCUT2D eigenvalue weighted by molar-refractivity contribution is 6.42. The molecule has 0 aliphatic rings. The third-order valence-electron chi connectivity index (χ3n) is 2.58. The molecule has 0 saturated heterocycles. The van der Waals surface area contributed by atoms with Crippen LogP contribution in [-0.2, 0) is 0 Å². The lowest BCUT2D eigenvalue weighted by Gasteiger charge is -2.17. The van der Waals surface area contributed by atoms with Crippen molar-refractivity contribution >= 4 is 23.2 Å². The second-order valence-electron chi connectivity index (χ2n) is 3.68. The first-order valence-corrected chi connectivity index (χ1v) is 5.94. The number of rotatable bonds is 3. The van der Waals surface area contributed by atoms with Gasteiger partial charge in [-0.15, -0.1) is 0 Å². The zero-order chi connectivity index (χ0) is 12.3. The molecule has 2 rings (SSSR count). The van der Waals surface area contributed by atoms with Gasteiger partial charge in [-0.1, -0.05) is 59.6 Å². The lowest BCUT2D eigenvalue weighted by molar-refractivity contribution is 0.637. The van der Waals surface area contributed by atoms with E-state index < -0.39 is 0 Å². The molecule has 1 unspecified atom stereocenters. The number of hydrogen-bond donors (Lipinski definition) is 2. The number of hydrogen-bond acceptors (Lipinski definition) is 2. The Balaban J connectivity index is 2.39. The minimum absolute atomic E-state index is 0.0917. The van der Waals surface area contributed by atoms with Crippen LogP contribution >= 0.6 is 23.2 Å². The van der Waals surface area contributed by atoms with Gasteiger partial charge in [-0.25, -0.2) is 5.43 Å². The van der Waals surface area contributed by atoms with E-state index in [0.29, 0.717) is 10.0 Å². The molecule has 0 aliphatic carbocycles.